The van der Waals surface area contributed by atoms with Crippen molar-refractivity contribution in [1.29, 1.82) is 0 Å². The van der Waals surface area contributed by atoms with Crippen molar-refractivity contribution in [3.8, 4) is 5.75 Å². The number of likely N-dealkylation sites (tertiary alicyclic amines) is 1. The van der Waals surface area contributed by atoms with Crippen molar-refractivity contribution < 1.29 is 19.1 Å². The van der Waals surface area contributed by atoms with Crippen molar-refractivity contribution in [3.05, 3.63) is 23.2 Å². The van der Waals surface area contributed by atoms with Crippen molar-refractivity contribution >= 4 is 35.0 Å². The first-order valence-electron chi connectivity index (χ1n) is 8.10. The molecule has 1 N–H and O–H groups in total. The summed E-state index contributed by atoms with van der Waals surface area (Å²) in [5.74, 6) is -0.176. The van der Waals surface area contributed by atoms with Crippen LogP contribution < -0.4 is 10.1 Å². The van der Waals surface area contributed by atoms with Gasteiger partial charge in [-0.25, -0.2) is 0 Å². The quantitative estimate of drug-likeness (QED) is 0.773. The van der Waals surface area contributed by atoms with Gasteiger partial charge in [-0.15, -0.1) is 0 Å². The van der Waals surface area contributed by atoms with Crippen molar-refractivity contribution in [3.63, 3.8) is 0 Å². The van der Waals surface area contributed by atoms with Gasteiger partial charge >= 0.3 is 0 Å². The number of nitrogens with one attached hydrogen (secondary N) is 1. The lowest BCUT2D eigenvalue weighted by molar-refractivity contribution is -0.140. The van der Waals surface area contributed by atoms with Crippen LogP contribution in [0.3, 0.4) is 0 Å². The monoisotopic (exact) mass is 365 g/mol. The molecule has 1 atom stereocenters. The second kappa shape index (κ2) is 7.01. The molecule has 2 aliphatic rings. The van der Waals surface area contributed by atoms with Crippen molar-refractivity contribution in [2.75, 3.05) is 26.0 Å². The van der Waals surface area contributed by atoms with Crippen LogP contribution in [-0.2, 0) is 14.4 Å². The third kappa shape index (κ3) is 3.77. The van der Waals surface area contributed by atoms with Crippen LogP contribution in [0.25, 0.3) is 0 Å². The first kappa shape index (κ1) is 17.7. The van der Waals surface area contributed by atoms with Crippen LogP contribution in [0.15, 0.2) is 18.2 Å². The number of hydrogen-bond acceptors (Lipinski definition) is 5. The van der Waals surface area contributed by atoms with Gasteiger partial charge in [0, 0.05) is 11.1 Å². The Balaban J connectivity index is 1.62. The molecule has 25 heavy (non-hydrogen) atoms. The van der Waals surface area contributed by atoms with Crippen LogP contribution in [0.2, 0.25) is 5.02 Å². The summed E-state index contributed by atoms with van der Waals surface area (Å²) < 4.78 is 5.19. The summed E-state index contributed by atoms with van der Waals surface area (Å²) in [5.41, 5.74) is 0.460. The maximum absolute atomic E-state index is 12.4. The molecule has 1 heterocycles. The van der Waals surface area contributed by atoms with Gasteiger partial charge in [-0.05, 0) is 38.1 Å². The number of amides is 3. The van der Waals surface area contributed by atoms with Gasteiger partial charge in [-0.1, -0.05) is 11.6 Å². The predicted molar refractivity (Wildman–Crippen MR) is 92.5 cm³/mol. The Hall–Kier alpha value is -2.12. The Morgan fingerprint density at radius 2 is 2.12 bits per heavy atom. The summed E-state index contributed by atoms with van der Waals surface area (Å²) in [7, 11) is 3.17. The van der Waals surface area contributed by atoms with Crippen LogP contribution in [0, 0.1) is 0 Å². The summed E-state index contributed by atoms with van der Waals surface area (Å²) >= 11 is 5.95. The molecule has 7 nitrogen and oxygen atoms in total. The van der Waals surface area contributed by atoms with Gasteiger partial charge in [0.05, 0.1) is 31.8 Å². The molecule has 1 aromatic rings. The average Bonchev–Trinajstić information content (AvgIpc) is 3.33. The SMILES string of the molecule is COc1ccc(Cl)cc1NC(=O)CN(C)[C@@H]1CC(=O)N(C2CC2)C1=O. The number of carbonyl (C=O) groups excluding carboxylic acids is 3. The minimum absolute atomic E-state index is 0.0160. The number of nitrogens with zero attached hydrogens (tertiary/aromatic N) is 2. The number of carbonyl (C=O) groups is 3. The maximum atomic E-state index is 12.4. The molecule has 1 aliphatic carbocycles. The highest BCUT2D eigenvalue weighted by atomic mass is 35.5. The van der Waals surface area contributed by atoms with Crippen LogP contribution in [0.4, 0.5) is 5.69 Å². The van der Waals surface area contributed by atoms with Crippen LogP contribution >= 0.6 is 11.6 Å². The highest BCUT2D eigenvalue weighted by molar-refractivity contribution is 6.31. The molecule has 2 fully saturated rings. The normalized spacial score (nSPS) is 20.3. The van der Waals surface area contributed by atoms with E-state index in [4.69, 9.17) is 16.3 Å². The third-order valence-electron chi connectivity index (χ3n) is 4.43. The fourth-order valence-corrected chi connectivity index (χ4v) is 3.17. The zero-order valence-corrected chi connectivity index (χ0v) is 14.9. The summed E-state index contributed by atoms with van der Waals surface area (Å²) in [6.45, 7) is -0.0160. The first-order chi connectivity index (χ1) is 11.9. The Bertz CT molecular complexity index is 720. The van der Waals surface area contributed by atoms with Gasteiger partial charge in [0.25, 0.3) is 0 Å². The van der Waals surface area contributed by atoms with Gasteiger partial charge in [-0.3, -0.25) is 24.2 Å². The number of ether oxygens (including phenoxy) is 1. The summed E-state index contributed by atoms with van der Waals surface area (Å²) in [6.07, 6.45) is 1.88. The Morgan fingerprint density at radius 3 is 2.76 bits per heavy atom. The van der Waals surface area contributed by atoms with Gasteiger partial charge < -0.3 is 10.1 Å². The molecule has 134 valence electrons. The molecule has 0 bridgehead atoms. The van der Waals surface area contributed by atoms with Crippen LogP contribution in [-0.4, -0.2) is 60.3 Å². The number of benzene rings is 1. The highest BCUT2D eigenvalue weighted by Gasteiger charge is 2.47. The molecule has 1 saturated carbocycles. The van der Waals surface area contributed by atoms with E-state index >= 15 is 0 Å². The second-order valence-electron chi connectivity index (χ2n) is 6.36. The van der Waals surface area contributed by atoms with E-state index in [1.165, 1.54) is 12.0 Å². The lowest BCUT2D eigenvalue weighted by Gasteiger charge is -2.22. The minimum atomic E-state index is -0.583. The number of likely N-dealkylation sites (N-methyl/N-ethyl adjacent to an activating group) is 1. The summed E-state index contributed by atoms with van der Waals surface area (Å²) in [4.78, 5) is 39.7. The van der Waals surface area contributed by atoms with E-state index in [9.17, 15) is 14.4 Å². The number of hydrogen-bond donors (Lipinski definition) is 1. The zero-order valence-electron chi connectivity index (χ0n) is 14.1. The van der Waals surface area contributed by atoms with Crippen LogP contribution in [0.5, 0.6) is 5.75 Å². The van der Waals surface area contributed by atoms with E-state index in [-0.39, 0.29) is 36.7 Å². The lowest BCUT2D eigenvalue weighted by atomic mass is 10.2. The average molecular weight is 366 g/mol. The number of imide groups is 1. The fourth-order valence-electron chi connectivity index (χ4n) is 3.00. The highest BCUT2D eigenvalue weighted by Crippen LogP contribution is 2.32. The smallest absolute Gasteiger partial charge is 0.247 e. The molecular formula is C17H20ClN3O4. The molecule has 1 saturated heterocycles. The van der Waals surface area contributed by atoms with E-state index in [0.717, 1.165) is 12.8 Å². The standard InChI is InChI=1S/C17H20ClN3O4/c1-20(13-8-16(23)21(17(13)24)11-4-5-11)9-15(22)19-12-7-10(18)3-6-14(12)25-2/h3,6-7,11,13H,4-5,8-9H2,1-2H3,(H,19,22)/t13-/m1/s1. The Labute approximate surface area is 150 Å². The topological polar surface area (TPSA) is 79.0 Å². The van der Waals surface area contributed by atoms with E-state index in [2.05, 4.69) is 5.32 Å². The van der Waals surface area contributed by atoms with Crippen LogP contribution in [0.1, 0.15) is 19.3 Å². The predicted octanol–water partition coefficient (Wildman–Crippen LogP) is 1.51. The number of methoxy groups -OCH3 is 1. The van der Waals surface area contributed by atoms with Gasteiger partial charge in [0.2, 0.25) is 17.7 Å². The molecule has 1 aliphatic heterocycles. The summed E-state index contributed by atoms with van der Waals surface area (Å²) in [5, 5.41) is 3.20. The first-order valence-corrected chi connectivity index (χ1v) is 8.48. The van der Waals surface area contributed by atoms with Crippen molar-refractivity contribution in [2.24, 2.45) is 0 Å². The molecule has 0 radical (unpaired) electrons. The number of rotatable bonds is 6. The van der Waals surface area contributed by atoms with E-state index in [1.807, 2.05) is 0 Å². The van der Waals surface area contributed by atoms with Crippen molar-refractivity contribution in [1.82, 2.24) is 9.80 Å². The molecule has 0 aromatic heterocycles. The second-order valence-corrected chi connectivity index (χ2v) is 6.80. The summed E-state index contributed by atoms with van der Waals surface area (Å²) in [6, 6.07) is 4.39. The van der Waals surface area contributed by atoms with Gasteiger partial charge in [0.15, 0.2) is 0 Å². The third-order valence-corrected chi connectivity index (χ3v) is 4.67. The Morgan fingerprint density at radius 1 is 1.40 bits per heavy atom. The largest absolute Gasteiger partial charge is 0.495 e. The molecule has 8 heteroatoms. The molecule has 3 rings (SSSR count). The minimum Gasteiger partial charge on any atom is -0.495 e. The van der Waals surface area contributed by atoms with E-state index < -0.39 is 6.04 Å². The molecular weight excluding hydrogens is 346 g/mol. The van der Waals surface area contributed by atoms with E-state index in [0.29, 0.717) is 16.5 Å². The molecule has 1 aromatic carbocycles. The van der Waals surface area contributed by atoms with Crippen molar-refractivity contribution in [2.45, 2.75) is 31.3 Å². The molecule has 0 spiro atoms. The molecule has 0 unspecified atom stereocenters. The van der Waals surface area contributed by atoms with E-state index in [1.54, 1.807) is 30.1 Å². The Kier molecular flexibility index (Phi) is 4.96. The van der Waals surface area contributed by atoms with Gasteiger partial charge in [0.1, 0.15) is 5.75 Å². The number of anilines is 1. The zero-order chi connectivity index (χ0) is 18.1. The number of halogens is 1. The lowest BCUT2D eigenvalue weighted by Crippen LogP contribution is -2.43. The fraction of sp³-hybridized carbons (Fsp3) is 0.471. The maximum Gasteiger partial charge on any atom is 0.247 e. The van der Waals surface area contributed by atoms with Gasteiger partial charge in [-0.2, -0.15) is 0 Å². The molecule has 3 amide bonds.